The molecule has 1 fully saturated rings. The number of aliphatic hydroxyl groups excluding tert-OH is 5. The van der Waals surface area contributed by atoms with Crippen LogP contribution in [0, 0.1) is 0 Å². The van der Waals surface area contributed by atoms with E-state index in [1.807, 2.05) is 12.2 Å². The van der Waals surface area contributed by atoms with Crippen LogP contribution in [-0.2, 0) is 23.8 Å². The minimum Gasteiger partial charge on any atom is -0.454 e. The largest absolute Gasteiger partial charge is 0.454 e. The molecule has 394 valence electrons. The zero-order valence-electron chi connectivity index (χ0n) is 43.2. The summed E-state index contributed by atoms with van der Waals surface area (Å²) in [5.74, 6) is -1.23. The molecule has 6 N–H and O–H groups in total. The summed E-state index contributed by atoms with van der Waals surface area (Å²) in [4.78, 5) is 26.4. The third-order valence-corrected chi connectivity index (χ3v) is 12.7. The second kappa shape index (κ2) is 45.5. The SMILES string of the molecule is CC/C=C/C=C/C=C/CCCCCCCCCC(=O)OC1C(OCC(NC(=O)C(O)CCCC/C=C\CCCCCCCC)C(O)/C=C/CCCCCCCCCCCC)OC(CO)C(O)C1O. The zero-order valence-corrected chi connectivity index (χ0v) is 43.2. The van der Waals surface area contributed by atoms with Gasteiger partial charge in [-0.05, 0) is 70.6 Å². The molecule has 68 heavy (non-hydrogen) atoms. The molecule has 0 saturated carbocycles. The smallest absolute Gasteiger partial charge is 0.306 e. The molecule has 0 aromatic rings. The van der Waals surface area contributed by atoms with Crippen LogP contribution < -0.4 is 5.32 Å². The van der Waals surface area contributed by atoms with Crippen molar-refractivity contribution >= 4 is 11.9 Å². The van der Waals surface area contributed by atoms with E-state index in [4.69, 9.17) is 14.2 Å². The van der Waals surface area contributed by atoms with Crippen molar-refractivity contribution < 1.29 is 49.3 Å². The van der Waals surface area contributed by atoms with E-state index in [-0.39, 0.29) is 19.4 Å². The van der Waals surface area contributed by atoms with E-state index in [0.29, 0.717) is 12.8 Å². The molecule has 1 aliphatic rings. The first kappa shape index (κ1) is 63.4. The van der Waals surface area contributed by atoms with E-state index in [0.717, 1.165) is 89.9 Å². The molecule has 1 heterocycles. The summed E-state index contributed by atoms with van der Waals surface area (Å²) in [5.41, 5.74) is 0. The summed E-state index contributed by atoms with van der Waals surface area (Å²) < 4.78 is 17.5. The van der Waals surface area contributed by atoms with Gasteiger partial charge in [-0.1, -0.05) is 210 Å². The van der Waals surface area contributed by atoms with Crippen LogP contribution in [-0.4, -0.2) is 99.6 Å². The Morgan fingerprint density at radius 1 is 0.588 bits per heavy atom. The molecule has 0 radical (unpaired) electrons. The molecule has 1 rings (SSSR count). The number of carbonyl (C=O) groups excluding carboxylic acids is 2. The van der Waals surface area contributed by atoms with Crippen molar-refractivity contribution in [3.05, 3.63) is 60.8 Å². The van der Waals surface area contributed by atoms with Crippen molar-refractivity contribution in [3.8, 4) is 0 Å². The molecule has 8 unspecified atom stereocenters. The van der Waals surface area contributed by atoms with Gasteiger partial charge in [-0.25, -0.2) is 0 Å². The fraction of sp³-hybridized carbons (Fsp3) is 0.789. The molecule has 0 spiro atoms. The average molecular weight is 960 g/mol. The van der Waals surface area contributed by atoms with Gasteiger partial charge in [-0.3, -0.25) is 9.59 Å². The number of hydrogen-bond acceptors (Lipinski definition) is 10. The topological polar surface area (TPSA) is 175 Å². The van der Waals surface area contributed by atoms with Gasteiger partial charge < -0.3 is 45.1 Å². The highest BCUT2D eigenvalue weighted by Gasteiger charge is 2.47. The minimum absolute atomic E-state index is 0.107. The van der Waals surface area contributed by atoms with E-state index in [1.54, 1.807) is 6.08 Å². The summed E-state index contributed by atoms with van der Waals surface area (Å²) >= 11 is 0. The number of unbranched alkanes of at least 4 members (excludes halogenated alkanes) is 25. The van der Waals surface area contributed by atoms with Gasteiger partial charge in [0, 0.05) is 6.42 Å². The maximum atomic E-state index is 13.3. The Morgan fingerprint density at radius 2 is 1.07 bits per heavy atom. The summed E-state index contributed by atoms with van der Waals surface area (Å²) in [7, 11) is 0. The Morgan fingerprint density at radius 3 is 1.62 bits per heavy atom. The second-order valence-corrected chi connectivity index (χ2v) is 19.0. The predicted molar refractivity (Wildman–Crippen MR) is 278 cm³/mol. The molecule has 0 aromatic heterocycles. The van der Waals surface area contributed by atoms with Gasteiger partial charge in [0.25, 0.3) is 0 Å². The molecule has 1 amide bonds. The number of ether oxygens (including phenoxy) is 3. The van der Waals surface area contributed by atoms with Gasteiger partial charge in [0.2, 0.25) is 5.91 Å². The van der Waals surface area contributed by atoms with Crippen LogP contribution in [0.5, 0.6) is 0 Å². The van der Waals surface area contributed by atoms with Crippen molar-refractivity contribution in [2.24, 2.45) is 0 Å². The molecule has 1 saturated heterocycles. The van der Waals surface area contributed by atoms with Crippen molar-refractivity contribution in [3.63, 3.8) is 0 Å². The lowest BCUT2D eigenvalue weighted by Gasteiger charge is -2.41. The molecular formula is C57H101NO10. The summed E-state index contributed by atoms with van der Waals surface area (Å²) in [6.07, 6.45) is 44.1. The minimum atomic E-state index is -1.62. The predicted octanol–water partition coefficient (Wildman–Crippen LogP) is 11.9. The molecule has 0 aromatic carbocycles. The molecule has 11 nitrogen and oxygen atoms in total. The number of allylic oxidation sites excluding steroid dienone is 9. The van der Waals surface area contributed by atoms with Gasteiger partial charge in [0.15, 0.2) is 12.4 Å². The molecular weight excluding hydrogens is 859 g/mol. The highest BCUT2D eigenvalue weighted by atomic mass is 16.7. The van der Waals surface area contributed by atoms with Gasteiger partial charge in [-0.15, -0.1) is 0 Å². The first-order valence-electron chi connectivity index (χ1n) is 27.6. The van der Waals surface area contributed by atoms with Gasteiger partial charge >= 0.3 is 5.97 Å². The van der Waals surface area contributed by atoms with E-state index in [9.17, 15) is 35.1 Å². The van der Waals surface area contributed by atoms with Crippen molar-refractivity contribution in [2.45, 2.75) is 275 Å². The normalized spacial score (nSPS) is 20.4. The van der Waals surface area contributed by atoms with Crippen LogP contribution >= 0.6 is 0 Å². The van der Waals surface area contributed by atoms with E-state index < -0.39 is 67.4 Å². The van der Waals surface area contributed by atoms with E-state index in [1.165, 1.54) is 89.9 Å². The van der Waals surface area contributed by atoms with Crippen LogP contribution in [0.15, 0.2) is 60.8 Å². The number of aliphatic hydroxyl groups is 5. The lowest BCUT2D eigenvalue weighted by atomic mass is 9.99. The zero-order chi connectivity index (χ0) is 49.7. The molecule has 0 aliphatic carbocycles. The number of amides is 1. The highest BCUT2D eigenvalue weighted by Crippen LogP contribution is 2.26. The van der Waals surface area contributed by atoms with E-state index in [2.05, 4.69) is 68.6 Å². The quantitative estimate of drug-likeness (QED) is 0.0149. The maximum Gasteiger partial charge on any atom is 0.306 e. The molecule has 11 heteroatoms. The fourth-order valence-electron chi connectivity index (χ4n) is 8.29. The summed E-state index contributed by atoms with van der Waals surface area (Å²) in [6.45, 7) is 5.60. The van der Waals surface area contributed by atoms with Gasteiger partial charge in [-0.2, -0.15) is 0 Å². The Kier molecular flexibility index (Phi) is 42.4. The van der Waals surface area contributed by atoms with Crippen LogP contribution in [0.1, 0.15) is 226 Å². The lowest BCUT2D eigenvalue weighted by molar-refractivity contribution is -0.305. The molecule has 1 aliphatic heterocycles. The molecule has 8 atom stereocenters. The first-order chi connectivity index (χ1) is 33.2. The molecule has 0 bridgehead atoms. The average Bonchev–Trinajstić information content (AvgIpc) is 3.33. The van der Waals surface area contributed by atoms with Crippen LogP contribution in [0.3, 0.4) is 0 Å². The lowest BCUT2D eigenvalue weighted by Crippen LogP contribution is -2.61. The number of esters is 1. The van der Waals surface area contributed by atoms with Gasteiger partial charge in [0.05, 0.1) is 25.4 Å². The van der Waals surface area contributed by atoms with Gasteiger partial charge in [0.1, 0.15) is 24.4 Å². The van der Waals surface area contributed by atoms with Crippen LogP contribution in [0.2, 0.25) is 0 Å². The second-order valence-electron chi connectivity index (χ2n) is 19.0. The highest BCUT2D eigenvalue weighted by molar-refractivity contribution is 5.80. The van der Waals surface area contributed by atoms with Crippen molar-refractivity contribution in [1.82, 2.24) is 5.32 Å². The summed E-state index contributed by atoms with van der Waals surface area (Å²) in [5, 5.41) is 56.7. The third kappa shape index (κ3) is 33.8. The Balaban J connectivity index is 2.77. The van der Waals surface area contributed by atoms with Crippen molar-refractivity contribution in [2.75, 3.05) is 13.2 Å². The number of carbonyl (C=O) groups is 2. The third-order valence-electron chi connectivity index (χ3n) is 12.7. The monoisotopic (exact) mass is 960 g/mol. The number of nitrogens with one attached hydrogen (secondary N) is 1. The van der Waals surface area contributed by atoms with Crippen LogP contribution in [0.4, 0.5) is 0 Å². The Labute approximate surface area is 414 Å². The van der Waals surface area contributed by atoms with E-state index >= 15 is 0 Å². The fourth-order valence-corrected chi connectivity index (χ4v) is 8.29. The van der Waals surface area contributed by atoms with Crippen molar-refractivity contribution in [1.29, 1.82) is 0 Å². The number of hydrogen-bond donors (Lipinski definition) is 6. The first-order valence-corrected chi connectivity index (χ1v) is 27.6. The Hall–Kier alpha value is -2.64. The summed E-state index contributed by atoms with van der Waals surface area (Å²) in [6, 6.07) is -1.03. The van der Waals surface area contributed by atoms with Crippen LogP contribution in [0.25, 0.3) is 0 Å². The Bertz CT molecular complexity index is 1330. The maximum absolute atomic E-state index is 13.3. The standard InChI is InChI=1S/C57H101NO10/c1-4-7-10-13-16-19-22-25-26-27-30-33-36-39-42-45-52(62)68-55-54(64)53(63)51(46-59)67-57(55)66-47-48(49(60)43-40-37-34-31-28-23-20-17-14-11-8-5-2)58-56(65)50(61)44-41-38-35-32-29-24-21-18-15-12-9-6-3/h7,10,13,16,19,22,29,32,40,43,48-51,53-55,57,59-61,63-64H,4-6,8-9,11-12,14-15,17-18,20-21,23-28,30-31,33-39,41-42,44-47H2,1-3H3,(H,58,65)/b10-7+,16-13+,22-19+,32-29-,43-40+. The number of rotatable bonds is 45.